The summed E-state index contributed by atoms with van der Waals surface area (Å²) in [6, 6.07) is 19.4. The Hall–Kier alpha value is -1.63. The van der Waals surface area contributed by atoms with Crippen molar-refractivity contribution in [3.05, 3.63) is 71.8 Å². The maximum absolute atomic E-state index is 13.0. The van der Waals surface area contributed by atoms with Gasteiger partial charge in [-0.2, -0.15) is 0 Å². The number of carbonyl (C=O) groups is 1. The van der Waals surface area contributed by atoms with Crippen molar-refractivity contribution in [2.45, 2.75) is 12.1 Å². The van der Waals surface area contributed by atoms with Crippen molar-refractivity contribution in [1.82, 2.24) is 15.1 Å². The van der Waals surface area contributed by atoms with Crippen LogP contribution in [0.2, 0.25) is 0 Å². The first-order valence-electron chi connectivity index (χ1n) is 9.21. The van der Waals surface area contributed by atoms with E-state index in [-0.39, 0.29) is 42.8 Å². The van der Waals surface area contributed by atoms with Gasteiger partial charge in [0.1, 0.15) is 6.04 Å². The Bertz CT molecular complexity index is 694. The molecular formula is C21H30Cl2N4O. The molecule has 0 saturated carbocycles. The van der Waals surface area contributed by atoms with Crippen LogP contribution >= 0.6 is 24.8 Å². The Kier molecular flexibility index (Phi) is 10.5. The molecule has 3 rings (SSSR count). The molecule has 1 amide bonds. The molecule has 0 aliphatic carbocycles. The molecule has 2 atom stereocenters. The normalized spacial score (nSPS) is 16.9. The fourth-order valence-corrected chi connectivity index (χ4v) is 3.37. The monoisotopic (exact) mass is 424 g/mol. The van der Waals surface area contributed by atoms with Gasteiger partial charge in [0, 0.05) is 38.8 Å². The SMILES string of the molecule is CN1CCN(C(C(=O)NCC(N)c2ccccc2)c2ccccc2)CC1.Cl.Cl. The lowest BCUT2D eigenvalue weighted by Gasteiger charge is -2.37. The van der Waals surface area contributed by atoms with Crippen LogP contribution in [-0.4, -0.2) is 55.5 Å². The molecule has 0 radical (unpaired) electrons. The maximum Gasteiger partial charge on any atom is 0.242 e. The Morgan fingerprint density at radius 3 is 1.96 bits per heavy atom. The second-order valence-corrected chi connectivity index (χ2v) is 6.91. The molecule has 154 valence electrons. The fourth-order valence-electron chi connectivity index (χ4n) is 3.37. The second-order valence-electron chi connectivity index (χ2n) is 6.91. The average Bonchev–Trinajstić information content (AvgIpc) is 2.69. The molecule has 7 heteroatoms. The third kappa shape index (κ3) is 6.47. The van der Waals surface area contributed by atoms with Gasteiger partial charge < -0.3 is 16.0 Å². The van der Waals surface area contributed by atoms with E-state index in [1.807, 2.05) is 60.7 Å². The number of piperazine rings is 1. The maximum atomic E-state index is 13.0. The number of nitrogens with zero attached hydrogens (tertiary/aromatic N) is 2. The van der Waals surface area contributed by atoms with E-state index in [4.69, 9.17) is 5.73 Å². The van der Waals surface area contributed by atoms with Gasteiger partial charge in [0.25, 0.3) is 0 Å². The molecule has 1 fully saturated rings. The number of nitrogens with one attached hydrogen (secondary N) is 1. The van der Waals surface area contributed by atoms with Crippen LogP contribution in [0.15, 0.2) is 60.7 Å². The minimum atomic E-state index is -0.270. The zero-order chi connectivity index (χ0) is 18.4. The lowest BCUT2D eigenvalue weighted by molar-refractivity contribution is -0.127. The van der Waals surface area contributed by atoms with Crippen molar-refractivity contribution in [3.63, 3.8) is 0 Å². The Labute approximate surface area is 180 Å². The molecule has 5 nitrogen and oxygen atoms in total. The number of hydrogen-bond acceptors (Lipinski definition) is 4. The van der Waals surface area contributed by atoms with Crippen molar-refractivity contribution in [1.29, 1.82) is 0 Å². The van der Waals surface area contributed by atoms with Gasteiger partial charge in [-0.15, -0.1) is 24.8 Å². The molecule has 0 bridgehead atoms. The van der Waals surface area contributed by atoms with Crippen molar-refractivity contribution in [2.24, 2.45) is 5.73 Å². The number of carbonyl (C=O) groups excluding carboxylic acids is 1. The molecule has 1 saturated heterocycles. The minimum Gasteiger partial charge on any atom is -0.353 e. The van der Waals surface area contributed by atoms with E-state index >= 15 is 0 Å². The molecule has 3 N–H and O–H groups in total. The standard InChI is InChI=1S/C21H28N4O.2ClH/c1-24-12-14-25(15-13-24)20(18-10-6-3-7-11-18)21(26)23-16-19(22)17-8-4-2-5-9-17;;/h2-11,19-20H,12-16,22H2,1H3,(H,23,26);2*1H. The summed E-state index contributed by atoms with van der Waals surface area (Å²) in [7, 11) is 2.12. The largest absolute Gasteiger partial charge is 0.353 e. The number of benzene rings is 2. The summed E-state index contributed by atoms with van der Waals surface area (Å²) in [5, 5.41) is 3.07. The Morgan fingerprint density at radius 2 is 1.43 bits per heavy atom. The Morgan fingerprint density at radius 1 is 0.929 bits per heavy atom. The highest BCUT2D eigenvalue weighted by molar-refractivity contribution is 5.85. The van der Waals surface area contributed by atoms with Crippen LogP contribution in [-0.2, 0) is 4.79 Å². The zero-order valence-electron chi connectivity index (χ0n) is 16.2. The van der Waals surface area contributed by atoms with Gasteiger partial charge in [-0.05, 0) is 18.2 Å². The predicted octanol–water partition coefficient (Wildman–Crippen LogP) is 2.63. The molecule has 2 aromatic rings. The van der Waals surface area contributed by atoms with E-state index in [0.29, 0.717) is 6.54 Å². The smallest absolute Gasteiger partial charge is 0.242 e. The first kappa shape index (κ1) is 24.4. The number of amides is 1. The predicted molar refractivity (Wildman–Crippen MR) is 119 cm³/mol. The van der Waals surface area contributed by atoms with Crippen molar-refractivity contribution in [2.75, 3.05) is 39.8 Å². The van der Waals surface area contributed by atoms with Gasteiger partial charge in [0.15, 0.2) is 0 Å². The van der Waals surface area contributed by atoms with Gasteiger partial charge in [0.05, 0.1) is 0 Å². The van der Waals surface area contributed by atoms with E-state index in [9.17, 15) is 4.79 Å². The van der Waals surface area contributed by atoms with Crippen LogP contribution < -0.4 is 11.1 Å². The van der Waals surface area contributed by atoms with E-state index in [1.54, 1.807) is 0 Å². The first-order valence-corrected chi connectivity index (χ1v) is 9.21. The van der Waals surface area contributed by atoms with Crippen LogP contribution in [0.25, 0.3) is 0 Å². The summed E-state index contributed by atoms with van der Waals surface area (Å²) in [6.45, 7) is 4.14. The van der Waals surface area contributed by atoms with Crippen LogP contribution in [0, 0.1) is 0 Å². The molecule has 1 aliphatic rings. The van der Waals surface area contributed by atoms with Gasteiger partial charge in [-0.1, -0.05) is 60.7 Å². The van der Waals surface area contributed by atoms with Crippen molar-refractivity contribution in [3.8, 4) is 0 Å². The lowest BCUT2D eigenvalue weighted by atomic mass is 10.0. The summed E-state index contributed by atoms with van der Waals surface area (Å²) < 4.78 is 0. The van der Waals surface area contributed by atoms with Gasteiger partial charge >= 0.3 is 0 Å². The highest BCUT2D eigenvalue weighted by Crippen LogP contribution is 2.22. The number of halogens is 2. The molecule has 2 unspecified atom stereocenters. The number of likely N-dealkylation sites (N-methyl/N-ethyl adjacent to an activating group) is 1. The first-order chi connectivity index (χ1) is 12.6. The molecule has 1 heterocycles. The molecule has 1 aliphatic heterocycles. The lowest BCUT2D eigenvalue weighted by Crippen LogP contribution is -2.50. The number of rotatable bonds is 6. The zero-order valence-corrected chi connectivity index (χ0v) is 17.8. The average molecular weight is 425 g/mol. The quantitative estimate of drug-likeness (QED) is 0.747. The minimum absolute atomic E-state index is 0. The third-order valence-corrected chi connectivity index (χ3v) is 4.99. The van der Waals surface area contributed by atoms with Crippen LogP contribution in [0.3, 0.4) is 0 Å². The topological polar surface area (TPSA) is 61.6 Å². The summed E-state index contributed by atoms with van der Waals surface area (Å²) in [5.41, 5.74) is 8.31. The number of nitrogens with two attached hydrogens (primary N) is 1. The molecule has 2 aromatic carbocycles. The molecular weight excluding hydrogens is 395 g/mol. The van der Waals surface area contributed by atoms with E-state index in [0.717, 1.165) is 37.3 Å². The van der Waals surface area contributed by atoms with E-state index < -0.39 is 0 Å². The highest BCUT2D eigenvalue weighted by atomic mass is 35.5. The van der Waals surface area contributed by atoms with E-state index in [2.05, 4.69) is 22.2 Å². The van der Waals surface area contributed by atoms with Crippen LogP contribution in [0.1, 0.15) is 23.2 Å². The second kappa shape index (κ2) is 12.0. The third-order valence-electron chi connectivity index (χ3n) is 4.99. The molecule has 0 spiro atoms. The summed E-state index contributed by atoms with van der Waals surface area (Å²) >= 11 is 0. The summed E-state index contributed by atoms with van der Waals surface area (Å²) in [6.07, 6.45) is 0. The summed E-state index contributed by atoms with van der Waals surface area (Å²) in [4.78, 5) is 17.6. The fraction of sp³-hybridized carbons (Fsp3) is 0.381. The highest BCUT2D eigenvalue weighted by Gasteiger charge is 2.29. The van der Waals surface area contributed by atoms with Gasteiger partial charge in [-0.25, -0.2) is 0 Å². The Balaban J connectivity index is 0.00000196. The van der Waals surface area contributed by atoms with Crippen molar-refractivity contribution >= 4 is 30.7 Å². The summed E-state index contributed by atoms with van der Waals surface area (Å²) in [5.74, 6) is 0.0205. The molecule has 0 aromatic heterocycles. The number of hydrogen-bond donors (Lipinski definition) is 2. The van der Waals surface area contributed by atoms with E-state index in [1.165, 1.54) is 0 Å². The van der Waals surface area contributed by atoms with Gasteiger partial charge in [-0.3, -0.25) is 9.69 Å². The molecule has 28 heavy (non-hydrogen) atoms. The van der Waals surface area contributed by atoms with Crippen LogP contribution in [0.4, 0.5) is 0 Å². The van der Waals surface area contributed by atoms with Crippen molar-refractivity contribution < 1.29 is 4.79 Å². The van der Waals surface area contributed by atoms with Gasteiger partial charge in [0.2, 0.25) is 5.91 Å². The van der Waals surface area contributed by atoms with Crippen LogP contribution in [0.5, 0.6) is 0 Å².